The second-order valence-corrected chi connectivity index (χ2v) is 6.04. The van der Waals surface area contributed by atoms with E-state index in [1.54, 1.807) is 24.3 Å². The lowest BCUT2D eigenvalue weighted by Crippen LogP contribution is -2.41. The number of hydrogen-bond acceptors (Lipinski definition) is 4. The maximum atomic E-state index is 12.1. The normalized spacial score (nSPS) is 18.4. The quantitative estimate of drug-likeness (QED) is 0.785. The Bertz CT molecular complexity index is 507. The lowest BCUT2D eigenvalue weighted by Gasteiger charge is -2.28. The van der Waals surface area contributed by atoms with Gasteiger partial charge in [-0.25, -0.2) is 9.59 Å². The average molecular weight is 291 g/mol. The first kappa shape index (κ1) is 15.4. The second kappa shape index (κ2) is 6.16. The van der Waals surface area contributed by atoms with Crippen LogP contribution in [0.15, 0.2) is 30.3 Å². The standard InChI is InChI=1S/C16H21NO4/c1-16(2,3)21-15(19)17-11-7-10-13(17)20-14(18)12-8-5-4-6-9-12/h4-6,8-9,13H,7,10-11H2,1-3H3. The van der Waals surface area contributed by atoms with E-state index in [9.17, 15) is 9.59 Å². The zero-order chi connectivity index (χ0) is 15.5. The Balaban J connectivity index is 1.99. The van der Waals surface area contributed by atoms with Crippen molar-refractivity contribution in [1.82, 2.24) is 4.90 Å². The first-order valence-electron chi connectivity index (χ1n) is 7.12. The molecule has 0 bridgehead atoms. The summed E-state index contributed by atoms with van der Waals surface area (Å²) >= 11 is 0. The van der Waals surface area contributed by atoms with Gasteiger partial charge in [0.15, 0.2) is 6.23 Å². The molecule has 1 fully saturated rings. The molecule has 0 saturated carbocycles. The number of carbonyl (C=O) groups excluding carboxylic acids is 2. The fourth-order valence-electron chi connectivity index (χ4n) is 2.15. The molecule has 1 aromatic rings. The molecule has 1 aliphatic heterocycles. The summed E-state index contributed by atoms with van der Waals surface area (Å²) < 4.78 is 10.8. The van der Waals surface area contributed by atoms with Crippen LogP contribution in [-0.4, -0.2) is 35.3 Å². The van der Waals surface area contributed by atoms with E-state index >= 15 is 0 Å². The van der Waals surface area contributed by atoms with Crippen LogP contribution in [0.3, 0.4) is 0 Å². The number of likely N-dealkylation sites (tertiary alicyclic amines) is 1. The monoisotopic (exact) mass is 291 g/mol. The Hall–Kier alpha value is -2.04. The molecule has 0 aliphatic carbocycles. The summed E-state index contributed by atoms with van der Waals surface area (Å²) in [5, 5.41) is 0. The minimum atomic E-state index is -0.562. The van der Waals surface area contributed by atoms with E-state index in [-0.39, 0.29) is 0 Å². The zero-order valence-corrected chi connectivity index (χ0v) is 12.7. The average Bonchev–Trinajstić information content (AvgIpc) is 2.86. The number of benzene rings is 1. The molecule has 114 valence electrons. The minimum Gasteiger partial charge on any atom is -0.444 e. The van der Waals surface area contributed by atoms with Crippen LogP contribution in [0.1, 0.15) is 44.0 Å². The number of amides is 1. The Kier molecular flexibility index (Phi) is 4.50. The van der Waals surface area contributed by atoms with Gasteiger partial charge >= 0.3 is 12.1 Å². The van der Waals surface area contributed by atoms with Gasteiger partial charge in [0.25, 0.3) is 0 Å². The van der Waals surface area contributed by atoms with Crippen LogP contribution in [0.4, 0.5) is 4.79 Å². The highest BCUT2D eigenvalue weighted by Gasteiger charge is 2.34. The van der Waals surface area contributed by atoms with Crippen LogP contribution in [0.2, 0.25) is 0 Å². The molecule has 21 heavy (non-hydrogen) atoms. The molecule has 1 aromatic carbocycles. The van der Waals surface area contributed by atoms with E-state index in [1.807, 2.05) is 26.8 Å². The first-order chi connectivity index (χ1) is 9.87. The molecule has 1 amide bonds. The van der Waals surface area contributed by atoms with Gasteiger partial charge in [0, 0.05) is 13.0 Å². The molecule has 1 aliphatic rings. The Morgan fingerprint density at radius 3 is 2.48 bits per heavy atom. The van der Waals surface area contributed by atoms with Crippen molar-refractivity contribution in [3.8, 4) is 0 Å². The third-order valence-corrected chi connectivity index (χ3v) is 3.08. The van der Waals surface area contributed by atoms with Crippen molar-refractivity contribution in [2.24, 2.45) is 0 Å². The smallest absolute Gasteiger partial charge is 0.413 e. The van der Waals surface area contributed by atoms with Crippen molar-refractivity contribution in [3.63, 3.8) is 0 Å². The Morgan fingerprint density at radius 1 is 1.19 bits per heavy atom. The van der Waals surface area contributed by atoms with Gasteiger partial charge in [-0.05, 0) is 39.3 Å². The molecule has 0 radical (unpaired) electrons. The van der Waals surface area contributed by atoms with E-state index in [0.717, 1.165) is 6.42 Å². The molecule has 5 heteroatoms. The third-order valence-electron chi connectivity index (χ3n) is 3.08. The minimum absolute atomic E-state index is 0.420. The molecule has 1 atom stereocenters. The highest BCUT2D eigenvalue weighted by Crippen LogP contribution is 2.22. The highest BCUT2D eigenvalue weighted by atomic mass is 16.6. The van der Waals surface area contributed by atoms with Gasteiger partial charge in [-0.15, -0.1) is 0 Å². The Labute approximate surface area is 124 Å². The number of nitrogens with zero attached hydrogens (tertiary/aromatic N) is 1. The van der Waals surface area contributed by atoms with Gasteiger partial charge in [-0.1, -0.05) is 18.2 Å². The maximum Gasteiger partial charge on any atom is 0.413 e. The number of carbonyl (C=O) groups is 2. The van der Waals surface area contributed by atoms with Crippen LogP contribution in [0.5, 0.6) is 0 Å². The van der Waals surface area contributed by atoms with E-state index in [2.05, 4.69) is 0 Å². The van der Waals surface area contributed by atoms with Crippen molar-refractivity contribution < 1.29 is 19.1 Å². The summed E-state index contributed by atoms with van der Waals surface area (Å²) in [6.45, 7) is 5.98. The van der Waals surface area contributed by atoms with Gasteiger partial charge < -0.3 is 9.47 Å². The summed E-state index contributed by atoms with van der Waals surface area (Å²) in [5.74, 6) is -0.420. The van der Waals surface area contributed by atoms with Crippen molar-refractivity contribution in [3.05, 3.63) is 35.9 Å². The van der Waals surface area contributed by atoms with Crippen LogP contribution in [0, 0.1) is 0 Å². The van der Waals surface area contributed by atoms with Crippen molar-refractivity contribution in [2.45, 2.75) is 45.4 Å². The number of ether oxygens (including phenoxy) is 2. The molecule has 1 saturated heterocycles. The Morgan fingerprint density at radius 2 is 1.86 bits per heavy atom. The molecule has 1 unspecified atom stereocenters. The van der Waals surface area contributed by atoms with Gasteiger partial charge in [-0.3, -0.25) is 4.90 Å². The third kappa shape index (κ3) is 4.21. The molecular formula is C16H21NO4. The molecular weight excluding hydrogens is 270 g/mol. The summed E-state index contributed by atoms with van der Waals surface area (Å²) in [7, 11) is 0. The van der Waals surface area contributed by atoms with E-state index < -0.39 is 23.9 Å². The van der Waals surface area contributed by atoms with E-state index in [1.165, 1.54) is 4.90 Å². The lowest BCUT2D eigenvalue weighted by molar-refractivity contribution is -0.0308. The first-order valence-corrected chi connectivity index (χ1v) is 7.12. The van der Waals surface area contributed by atoms with Gasteiger partial charge in [-0.2, -0.15) is 0 Å². The molecule has 0 N–H and O–H groups in total. The summed E-state index contributed by atoms with van der Waals surface area (Å²) in [6.07, 6.45) is 0.447. The van der Waals surface area contributed by atoms with Crippen LogP contribution in [0.25, 0.3) is 0 Å². The topological polar surface area (TPSA) is 55.8 Å². The molecule has 2 rings (SSSR count). The SMILES string of the molecule is CC(C)(C)OC(=O)N1CCCC1OC(=O)c1ccccc1. The van der Waals surface area contributed by atoms with Crippen LogP contribution in [-0.2, 0) is 9.47 Å². The predicted molar refractivity (Wildman–Crippen MR) is 77.8 cm³/mol. The number of esters is 1. The fraction of sp³-hybridized carbons (Fsp3) is 0.500. The molecule has 1 heterocycles. The maximum absolute atomic E-state index is 12.1. The van der Waals surface area contributed by atoms with Crippen LogP contribution < -0.4 is 0 Å². The van der Waals surface area contributed by atoms with Crippen molar-refractivity contribution >= 4 is 12.1 Å². The predicted octanol–water partition coefficient (Wildman–Crippen LogP) is 3.20. The summed E-state index contributed by atoms with van der Waals surface area (Å²) in [5.41, 5.74) is -0.0817. The van der Waals surface area contributed by atoms with Crippen molar-refractivity contribution in [1.29, 1.82) is 0 Å². The van der Waals surface area contributed by atoms with E-state index in [4.69, 9.17) is 9.47 Å². The summed E-state index contributed by atoms with van der Waals surface area (Å²) in [4.78, 5) is 25.6. The number of rotatable bonds is 2. The highest BCUT2D eigenvalue weighted by molar-refractivity contribution is 5.89. The number of hydrogen-bond donors (Lipinski definition) is 0. The van der Waals surface area contributed by atoms with E-state index in [0.29, 0.717) is 18.5 Å². The van der Waals surface area contributed by atoms with Gasteiger partial charge in [0.05, 0.1) is 5.56 Å². The van der Waals surface area contributed by atoms with Crippen LogP contribution >= 0.6 is 0 Å². The fourth-order valence-corrected chi connectivity index (χ4v) is 2.15. The van der Waals surface area contributed by atoms with Gasteiger partial charge in [0.2, 0.25) is 0 Å². The molecule has 0 aromatic heterocycles. The van der Waals surface area contributed by atoms with Gasteiger partial charge in [0.1, 0.15) is 5.60 Å². The largest absolute Gasteiger partial charge is 0.444 e. The molecule has 0 spiro atoms. The zero-order valence-electron chi connectivity index (χ0n) is 12.7. The second-order valence-electron chi connectivity index (χ2n) is 6.04. The van der Waals surface area contributed by atoms with Crippen molar-refractivity contribution in [2.75, 3.05) is 6.54 Å². The molecule has 5 nitrogen and oxygen atoms in total. The summed E-state index contributed by atoms with van der Waals surface area (Å²) in [6, 6.07) is 8.76. The lowest BCUT2D eigenvalue weighted by atomic mass is 10.2.